The molecule has 0 aromatic heterocycles. The molecule has 2 N–H and O–H groups in total. The van der Waals surface area contributed by atoms with Gasteiger partial charge in [0.05, 0.1) is 6.54 Å². The summed E-state index contributed by atoms with van der Waals surface area (Å²) in [5.41, 5.74) is 8.12. The molecule has 0 unspecified atom stereocenters. The van der Waals surface area contributed by atoms with Gasteiger partial charge in [-0.3, -0.25) is 4.79 Å². The van der Waals surface area contributed by atoms with Crippen LogP contribution in [0, 0.1) is 6.92 Å². The fourth-order valence-electron chi connectivity index (χ4n) is 2.77. The molecule has 2 atom stereocenters. The minimum atomic E-state index is 0.0635. The minimum Gasteiger partial charge on any atom is -0.338 e. The molecule has 1 aliphatic rings. The molecule has 0 radical (unpaired) electrons. The van der Waals surface area contributed by atoms with Crippen LogP contribution in [-0.4, -0.2) is 29.9 Å². The number of carbonyl (C=O) groups is 1. The lowest BCUT2D eigenvalue weighted by Gasteiger charge is -2.20. The van der Waals surface area contributed by atoms with Crippen molar-refractivity contribution in [1.29, 1.82) is 0 Å². The minimum absolute atomic E-state index is 0.0635. The van der Waals surface area contributed by atoms with Crippen LogP contribution < -0.4 is 5.73 Å². The molecule has 1 aromatic carbocycles. The Balaban J connectivity index is 2.17. The predicted molar refractivity (Wildman–Crippen MR) is 68.8 cm³/mol. The van der Waals surface area contributed by atoms with E-state index in [0.717, 1.165) is 13.0 Å². The van der Waals surface area contributed by atoms with E-state index >= 15 is 0 Å². The summed E-state index contributed by atoms with van der Waals surface area (Å²) >= 11 is 0. The molecule has 92 valence electrons. The summed E-state index contributed by atoms with van der Waals surface area (Å²) in [7, 11) is 0. The second-order valence-corrected chi connectivity index (χ2v) is 4.89. The van der Waals surface area contributed by atoms with Crippen LogP contribution >= 0.6 is 0 Å². The van der Waals surface area contributed by atoms with Crippen molar-refractivity contribution in [3.63, 3.8) is 0 Å². The number of aryl methyl sites for hydroxylation is 1. The summed E-state index contributed by atoms with van der Waals surface area (Å²) in [4.78, 5) is 13.6. The first-order chi connectivity index (χ1) is 8.13. The molecule has 17 heavy (non-hydrogen) atoms. The van der Waals surface area contributed by atoms with Gasteiger partial charge in [-0.15, -0.1) is 0 Å². The molecule has 1 saturated heterocycles. The molecule has 0 saturated carbocycles. The molecule has 1 aliphatic heterocycles. The molecule has 0 aliphatic carbocycles. The lowest BCUT2D eigenvalue weighted by molar-refractivity contribution is -0.130. The number of hydrogen-bond donors (Lipinski definition) is 1. The van der Waals surface area contributed by atoms with E-state index in [1.165, 1.54) is 11.1 Å². The van der Waals surface area contributed by atoms with Gasteiger partial charge in [0.15, 0.2) is 0 Å². The number of rotatable bonds is 2. The molecule has 1 heterocycles. The topological polar surface area (TPSA) is 46.3 Å². The van der Waals surface area contributed by atoms with Crippen LogP contribution in [0.5, 0.6) is 0 Å². The second-order valence-electron chi connectivity index (χ2n) is 4.89. The van der Waals surface area contributed by atoms with Gasteiger partial charge in [-0.25, -0.2) is 0 Å². The first-order valence-electron chi connectivity index (χ1n) is 6.18. The third-order valence-corrected chi connectivity index (χ3v) is 3.70. The summed E-state index contributed by atoms with van der Waals surface area (Å²) in [5.74, 6) is 0.523. The standard InChI is InChI=1S/C14H20N2O/c1-10-5-3-4-6-13(10)12-7-11(2)16(9-12)14(17)8-15/h3-6,11-12H,7-9,15H2,1-2H3/t11-,12-/m1/s1. The fraction of sp³-hybridized carbons (Fsp3) is 0.500. The van der Waals surface area contributed by atoms with E-state index in [9.17, 15) is 4.79 Å². The molecule has 0 spiro atoms. The number of nitrogens with two attached hydrogens (primary N) is 1. The fourth-order valence-corrected chi connectivity index (χ4v) is 2.77. The van der Waals surface area contributed by atoms with Crippen molar-refractivity contribution in [3.8, 4) is 0 Å². The first kappa shape index (κ1) is 12.1. The number of amides is 1. The zero-order valence-corrected chi connectivity index (χ0v) is 10.5. The van der Waals surface area contributed by atoms with Gasteiger partial charge >= 0.3 is 0 Å². The number of nitrogens with zero attached hydrogens (tertiary/aromatic N) is 1. The third-order valence-electron chi connectivity index (χ3n) is 3.70. The van der Waals surface area contributed by atoms with E-state index in [2.05, 4.69) is 38.1 Å². The largest absolute Gasteiger partial charge is 0.338 e. The maximum absolute atomic E-state index is 11.7. The van der Waals surface area contributed by atoms with Gasteiger partial charge in [-0.1, -0.05) is 24.3 Å². The Labute approximate surface area is 103 Å². The van der Waals surface area contributed by atoms with Crippen LogP contribution in [0.1, 0.15) is 30.4 Å². The van der Waals surface area contributed by atoms with Crippen molar-refractivity contribution in [2.24, 2.45) is 5.73 Å². The third kappa shape index (κ3) is 2.34. The predicted octanol–water partition coefficient (Wildman–Crippen LogP) is 1.66. The zero-order chi connectivity index (χ0) is 12.4. The highest BCUT2D eigenvalue weighted by Crippen LogP contribution is 2.32. The SMILES string of the molecule is Cc1ccccc1[C@@H]1C[C@@H](C)N(C(=O)CN)C1. The van der Waals surface area contributed by atoms with Crippen molar-refractivity contribution in [2.45, 2.75) is 32.2 Å². The zero-order valence-electron chi connectivity index (χ0n) is 10.5. The normalized spacial score (nSPS) is 24.1. The van der Waals surface area contributed by atoms with E-state index in [4.69, 9.17) is 5.73 Å². The van der Waals surface area contributed by atoms with Gasteiger partial charge < -0.3 is 10.6 Å². The van der Waals surface area contributed by atoms with Gasteiger partial charge in [-0.05, 0) is 31.4 Å². The van der Waals surface area contributed by atoms with E-state index in [-0.39, 0.29) is 12.5 Å². The summed E-state index contributed by atoms with van der Waals surface area (Å²) in [6.45, 7) is 5.16. The highest BCUT2D eigenvalue weighted by Gasteiger charge is 2.32. The molecule has 1 fully saturated rings. The van der Waals surface area contributed by atoms with E-state index < -0.39 is 0 Å². The Hall–Kier alpha value is -1.35. The van der Waals surface area contributed by atoms with Gasteiger partial charge in [-0.2, -0.15) is 0 Å². The van der Waals surface area contributed by atoms with Crippen molar-refractivity contribution < 1.29 is 4.79 Å². The van der Waals surface area contributed by atoms with Gasteiger partial charge in [0.1, 0.15) is 0 Å². The lowest BCUT2D eigenvalue weighted by Crippen LogP contribution is -2.38. The lowest BCUT2D eigenvalue weighted by atomic mass is 9.93. The van der Waals surface area contributed by atoms with Crippen LogP contribution in [0.25, 0.3) is 0 Å². The van der Waals surface area contributed by atoms with Crippen molar-refractivity contribution in [2.75, 3.05) is 13.1 Å². The monoisotopic (exact) mass is 232 g/mol. The quantitative estimate of drug-likeness (QED) is 0.843. The number of carbonyl (C=O) groups excluding carboxylic acids is 1. The molecule has 0 bridgehead atoms. The highest BCUT2D eigenvalue weighted by molar-refractivity contribution is 5.78. The van der Waals surface area contributed by atoms with Crippen molar-refractivity contribution >= 4 is 5.91 Å². The van der Waals surface area contributed by atoms with Gasteiger partial charge in [0.2, 0.25) is 5.91 Å². The summed E-state index contributed by atoms with van der Waals surface area (Å²) < 4.78 is 0. The summed E-state index contributed by atoms with van der Waals surface area (Å²) in [5, 5.41) is 0. The molecular formula is C14H20N2O. The van der Waals surface area contributed by atoms with Crippen LogP contribution in [0.15, 0.2) is 24.3 Å². The Morgan fingerprint density at radius 1 is 1.47 bits per heavy atom. The highest BCUT2D eigenvalue weighted by atomic mass is 16.2. The molecule has 3 nitrogen and oxygen atoms in total. The Bertz CT molecular complexity index is 416. The van der Waals surface area contributed by atoms with Gasteiger partial charge in [0.25, 0.3) is 0 Å². The second kappa shape index (κ2) is 4.88. The van der Waals surface area contributed by atoms with Crippen LogP contribution in [0.4, 0.5) is 0 Å². The van der Waals surface area contributed by atoms with Gasteiger partial charge in [0, 0.05) is 18.5 Å². The molecule has 3 heteroatoms. The average molecular weight is 232 g/mol. The smallest absolute Gasteiger partial charge is 0.236 e. The number of likely N-dealkylation sites (tertiary alicyclic amines) is 1. The number of benzene rings is 1. The van der Waals surface area contributed by atoms with Crippen molar-refractivity contribution in [3.05, 3.63) is 35.4 Å². The maximum Gasteiger partial charge on any atom is 0.236 e. The Morgan fingerprint density at radius 2 is 2.18 bits per heavy atom. The van der Waals surface area contributed by atoms with E-state index in [0.29, 0.717) is 12.0 Å². The Kier molecular flexibility index (Phi) is 3.48. The van der Waals surface area contributed by atoms with E-state index in [1.54, 1.807) is 0 Å². The molecular weight excluding hydrogens is 212 g/mol. The molecule has 1 amide bonds. The van der Waals surface area contributed by atoms with Crippen molar-refractivity contribution in [1.82, 2.24) is 4.90 Å². The first-order valence-corrected chi connectivity index (χ1v) is 6.18. The van der Waals surface area contributed by atoms with Crippen LogP contribution in [0.3, 0.4) is 0 Å². The Morgan fingerprint density at radius 3 is 2.82 bits per heavy atom. The van der Waals surface area contributed by atoms with E-state index in [1.807, 2.05) is 4.90 Å². The average Bonchev–Trinajstić information content (AvgIpc) is 2.71. The van der Waals surface area contributed by atoms with Crippen LogP contribution in [0.2, 0.25) is 0 Å². The summed E-state index contributed by atoms with van der Waals surface area (Å²) in [6, 6.07) is 8.73. The maximum atomic E-state index is 11.7. The molecule has 2 rings (SSSR count). The van der Waals surface area contributed by atoms with Crippen LogP contribution in [-0.2, 0) is 4.79 Å². The molecule has 1 aromatic rings. The summed E-state index contributed by atoms with van der Waals surface area (Å²) in [6.07, 6.45) is 1.04. The number of hydrogen-bond acceptors (Lipinski definition) is 2.